The zero-order chi connectivity index (χ0) is 14.8. The van der Waals surface area contributed by atoms with Gasteiger partial charge in [-0.15, -0.1) is 5.10 Å². The Labute approximate surface area is 122 Å². The number of benzene rings is 1. The summed E-state index contributed by atoms with van der Waals surface area (Å²) < 4.78 is 7.29. The highest BCUT2D eigenvalue weighted by atomic mass is 16.3. The number of aryl methyl sites for hydroxylation is 2. The van der Waals surface area contributed by atoms with E-state index in [4.69, 9.17) is 4.42 Å². The highest BCUT2D eigenvalue weighted by Crippen LogP contribution is 2.25. The second-order valence-electron chi connectivity index (χ2n) is 5.07. The molecule has 0 fully saturated rings. The minimum atomic E-state index is 0.0847. The fourth-order valence-corrected chi connectivity index (χ4v) is 2.18. The molecule has 1 aromatic carbocycles. The third kappa shape index (κ3) is 2.79. The Balaban J connectivity index is 1.86. The Kier molecular flexibility index (Phi) is 3.43. The second-order valence-corrected chi connectivity index (χ2v) is 5.07. The summed E-state index contributed by atoms with van der Waals surface area (Å²) in [6.45, 7) is 6.08. The molecule has 0 aliphatic rings. The van der Waals surface area contributed by atoms with Crippen LogP contribution in [0.5, 0.6) is 0 Å². The summed E-state index contributed by atoms with van der Waals surface area (Å²) in [6.07, 6.45) is 1.58. The average molecular weight is 283 g/mol. The van der Waals surface area contributed by atoms with Crippen LogP contribution in [0, 0.1) is 13.8 Å². The molecule has 0 saturated carbocycles. The largest absolute Gasteiger partial charge is 0.464 e. The molecule has 0 radical (unpaired) electrons. The van der Waals surface area contributed by atoms with Gasteiger partial charge in [-0.1, -0.05) is 6.07 Å². The predicted octanol–water partition coefficient (Wildman–Crippen LogP) is 3.05. The summed E-state index contributed by atoms with van der Waals surface area (Å²) in [5.41, 5.74) is 3.10. The lowest BCUT2D eigenvalue weighted by Crippen LogP contribution is -2.07. The van der Waals surface area contributed by atoms with Gasteiger partial charge in [0.1, 0.15) is 17.8 Å². The molecular weight excluding hydrogens is 266 g/mol. The molecule has 108 valence electrons. The molecule has 6 heteroatoms. The standard InChI is InChI=1S/C15H17N5O/c1-10-4-6-13(20-9-16-18-19-20)8-14(10)17-12(3)15-7-5-11(2)21-15/h4-9,12,17H,1-3H3. The van der Waals surface area contributed by atoms with Crippen LogP contribution in [0.4, 0.5) is 5.69 Å². The molecule has 1 N–H and O–H groups in total. The number of hydrogen-bond acceptors (Lipinski definition) is 5. The van der Waals surface area contributed by atoms with Gasteiger partial charge in [0.2, 0.25) is 0 Å². The summed E-state index contributed by atoms with van der Waals surface area (Å²) in [4.78, 5) is 0. The Bertz CT molecular complexity index is 732. The van der Waals surface area contributed by atoms with Crippen LogP contribution >= 0.6 is 0 Å². The summed E-state index contributed by atoms with van der Waals surface area (Å²) >= 11 is 0. The third-order valence-corrected chi connectivity index (χ3v) is 3.39. The van der Waals surface area contributed by atoms with E-state index in [1.54, 1.807) is 11.0 Å². The quantitative estimate of drug-likeness (QED) is 0.797. The zero-order valence-corrected chi connectivity index (χ0v) is 12.2. The lowest BCUT2D eigenvalue weighted by atomic mass is 10.1. The normalized spacial score (nSPS) is 12.3. The molecule has 6 nitrogen and oxygen atoms in total. The van der Waals surface area contributed by atoms with Gasteiger partial charge in [0.05, 0.1) is 11.7 Å². The molecule has 21 heavy (non-hydrogen) atoms. The van der Waals surface area contributed by atoms with Gasteiger partial charge >= 0.3 is 0 Å². The van der Waals surface area contributed by atoms with E-state index in [1.807, 2.05) is 37.3 Å². The molecule has 3 aromatic rings. The topological polar surface area (TPSA) is 68.8 Å². The van der Waals surface area contributed by atoms with Crippen molar-refractivity contribution in [2.75, 3.05) is 5.32 Å². The van der Waals surface area contributed by atoms with Crippen molar-refractivity contribution in [2.45, 2.75) is 26.8 Å². The SMILES string of the molecule is Cc1ccc(C(C)Nc2cc(-n3cnnn3)ccc2C)o1. The molecule has 0 bridgehead atoms. The Hall–Kier alpha value is -2.63. The maximum Gasteiger partial charge on any atom is 0.143 e. The number of aromatic nitrogens is 4. The van der Waals surface area contributed by atoms with Crippen molar-refractivity contribution in [1.82, 2.24) is 20.2 Å². The molecule has 1 atom stereocenters. The minimum absolute atomic E-state index is 0.0847. The third-order valence-electron chi connectivity index (χ3n) is 3.39. The smallest absolute Gasteiger partial charge is 0.143 e. The van der Waals surface area contributed by atoms with Gasteiger partial charge in [-0.2, -0.15) is 0 Å². The van der Waals surface area contributed by atoms with E-state index >= 15 is 0 Å². The monoisotopic (exact) mass is 283 g/mol. The van der Waals surface area contributed by atoms with E-state index in [1.165, 1.54) is 0 Å². The maximum atomic E-state index is 5.66. The van der Waals surface area contributed by atoms with Crippen molar-refractivity contribution in [1.29, 1.82) is 0 Å². The molecule has 0 aliphatic heterocycles. The van der Waals surface area contributed by atoms with Crippen molar-refractivity contribution < 1.29 is 4.42 Å². The summed E-state index contributed by atoms with van der Waals surface area (Å²) in [5, 5.41) is 14.7. The van der Waals surface area contributed by atoms with Crippen LogP contribution in [0.15, 0.2) is 41.1 Å². The molecule has 0 amide bonds. The Morgan fingerprint density at radius 2 is 2.05 bits per heavy atom. The Morgan fingerprint density at radius 3 is 2.71 bits per heavy atom. The van der Waals surface area contributed by atoms with E-state index in [9.17, 15) is 0 Å². The predicted molar refractivity (Wildman–Crippen MR) is 79.4 cm³/mol. The van der Waals surface area contributed by atoms with Crippen molar-refractivity contribution in [3.63, 3.8) is 0 Å². The number of hydrogen-bond donors (Lipinski definition) is 1. The summed E-state index contributed by atoms with van der Waals surface area (Å²) in [5.74, 6) is 1.83. The number of furan rings is 1. The van der Waals surface area contributed by atoms with Crippen LogP contribution in [-0.4, -0.2) is 20.2 Å². The fourth-order valence-electron chi connectivity index (χ4n) is 2.18. The first-order chi connectivity index (χ1) is 10.1. The van der Waals surface area contributed by atoms with E-state index in [-0.39, 0.29) is 6.04 Å². The van der Waals surface area contributed by atoms with Crippen LogP contribution in [0.2, 0.25) is 0 Å². The van der Waals surface area contributed by atoms with Gasteiger partial charge in [-0.25, -0.2) is 4.68 Å². The van der Waals surface area contributed by atoms with Crippen molar-refractivity contribution in [2.24, 2.45) is 0 Å². The summed E-state index contributed by atoms with van der Waals surface area (Å²) in [6, 6.07) is 10.1. The van der Waals surface area contributed by atoms with Crippen LogP contribution < -0.4 is 5.32 Å². The fraction of sp³-hybridized carbons (Fsp3) is 0.267. The molecular formula is C15H17N5O. The highest BCUT2D eigenvalue weighted by molar-refractivity contribution is 5.57. The van der Waals surface area contributed by atoms with Crippen molar-refractivity contribution >= 4 is 5.69 Å². The molecule has 2 heterocycles. The van der Waals surface area contributed by atoms with Crippen LogP contribution in [0.3, 0.4) is 0 Å². The molecule has 0 spiro atoms. The number of anilines is 1. The maximum absolute atomic E-state index is 5.66. The summed E-state index contributed by atoms with van der Waals surface area (Å²) in [7, 11) is 0. The number of tetrazole rings is 1. The van der Waals surface area contributed by atoms with Gasteiger partial charge in [0.25, 0.3) is 0 Å². The Morgan fingerprint density at radius 1 is 1.19 bits per heavy atom. The van der Waals surface area contributed by atoms with Gasteiger partial charge in [-0.3, -0.25) is 0 Å². The first kappa shape index (κ1) is 13.4. The first-order valence-corrected chi connectivity index (χ1v) is 6.80. The molecule has 2 aromatic heterocycles. The van der Waals surface area contributed by atoms with Gasteiger partial charge in [0.15, 0.2) is 0 Å². The van der Waals surface area contributed by atoms with Crippen LogP contribution in [0.25, 0.3) is 5.69 Å². The number of rotatable bonds is 4. The van der Waals surface area contributed by atoms with Crippen LogP contribution in [0.1, 0.15) is 30.0 Å². The highest BCUT2D eigenvalue weighted by Gasteiger charge is 2.11. The van der Waals surface area contributed by atoms with Crippen molar-refractivity contribution in [3.8, 4) is 5.69 Å². The van der Waals surface area contributed by atoms with Gasteiger partial charge < -0.3 is 9.73 Å². The van der Waals surface area contributed by atoms with E-state index in [2.05, 4.69) is 34.7 Å². The van der Waals surface area contributed by atoms with E-state index in [0.29, 0.717) is 0 Å². The second kappa shape index (κ2) is 5.40. The number of nitrogens with one attached hydrogen (secondary N) is 1. The first-order valence-electron chi connectivity index (χ1n) is 6.80. The van der Waals surface area contributed by atoms with Crippen LogP contribution in [-0.2, 0) is 0 Å². The molecule has 0 aliphatic carbocycles. The minimum Gasteiger partial charge on any atom is -0.464 e. The van der Waals surface area contributed by atoms with Gasteiger partial charge in [0, 0.05) is 5.69 Å². The molecule has 0 saturated heterocycles. The van der Waals surface area contributed by atoms with E-state index in [0.717, 1.165) is 28.5 Å². The lowest BCUT2D eigenvalue weighted by Gasteiger charge is -2.16. The lowest BCUT2D eigenvalue weighted by molar-refractivity contribution is 0.467. The zero-order valence-electron chi connectivity index (χ0n) is 12.2. The van der Waals surface area contributed by atoms with Gasteiger partial charge in [-0.05, 0) is 61.0 Å². The average Bonchev–Trinajstić information content (AvgIpc) is 3.12. The number of nitrogens with zero attached hydrogens (tertiary/aromatic N) is 4. The molecule has 1 unspecified atom stereocenters. The molecule has 3 rings (SSSR count). The van der Waals surface area contributed by atoms with E-state index < -0.39 is 0 Å². The van der Waals surface area contributed by atoms with Crippen molar-refractivity contribution in [3.05, 3.63) is 53.7 Å².